The number of likely N-dealkylation sites (N-methyl/N-ethyl adjacent to an activating group) is 1. The van der Waals surface area contributed by atoms with E-state index in [0.717, 1.165) is 17.9 Å². The Morgan fingerprint density at radius 1 is 1.00 bits per heavy atom. The fourth-order valence-corrected chi connectivity index (χ4v) is 3.66. The summed E-state index contributed by atoms with van der Waals surface area (Å²) < 4.78 is 11.3. The molecule has 1 heterocycles. The zero-order valence-electron chi connectivity index (χ0n) is 16.6. The smallest absolute Gasteiger partial charge is 0.258 e. The van der Waals surface area contributed by atoms with Crippen LogP contribution in [0, 0.1) is 0 Å². The number of carbonyl (C=O) groups is 1. The predicted molar refractivity (Wildman–Crippen MR) is 109 cm³/mol. The highest BCUT2D eigenvalue weighted by Crippen LogP contribution is 2.36. The standard InChI is InChI=1S/C22H28N2O3/c1-5-23-16(4)15-24(21-11-9-8-10-20(21)23)22(25)17-12-18(26-6-2)14-19(13-17)27-7-3/h8-14,16H,5-7,15H2,1-4H3. The van der Waals surface area contributed by atoms with Gasteiger partial charge in [-0.15, -0.1) is 0 Å². The quantitative estimate of drug-likeness (QED) is 0.760. The highest BCUT2D eigenvalue weighted by Gasteiger charge is 2.31. The molecule has 1 aliphatic heterocycles. The number of fused-ring (bicyclic) bond motifs is 1. The van der Waals surface area contributed by atoms with Crippen LogP contribution in [0.1, 0.15) is 38.1 Å². The van der Waals surface area contributed by atoms with E-state index in [1.165, 1.54) is 0 Å². The summed E-state index contributed by atoms with van der Waals surface area (Å²) in [6.45, 7) is 10.8. The molecule has 5 heteroatoms. The van der Waals surface area contributed by atoms with E-state index in [-0.39, 0.29) is 11.9 Å². The third kappa shape index (κ3) is 3.87. The van der Waals surface area contributed by atoms with Crippen molar-refractivity contribution in [1.82, 2.24) is 0 Å². The summed E-state index contributed by atoms with van der Waals surface area (Å²) >= 11 is 0. The molecule has 2 aromatic carbocycles. The molecule has 0 saturated heterocycles. The summed E-state index contributed by atoms with van der Waals surface area (Å²) in [5.41, 5.74) is 2.62. The van der Waals surface area contributed by atoms with Gasteiger partial charge in [0.05, 0.1) is 24.6 Å². The maximum Gasteiger partial charge on any atom is 0.258 e. The van der Waals surface area contributed by atoms with Crippen molar-refractivity contribution in [3.05, 3.63) is 48.0 Å². The minimum atomic E-state index is -0.0347. The maximum absolute atomic E-state index is 13.4. The fraction of sp³-hybridized carbons (Fsp3) is 0.409. The molecule has 0 radical (unpaired) electrons. The van der Waals surface area contributed by atoms with Crippen LogP contribution in [0.2, 0.25) is 0 Å². The van der Waals surface area contributed by atoms with E-state index in [1.54, 1.807) is 12.1 Å². The van der Waals surface area contributed by atoms with Crippen LogP contribution in [0.5, 0.6) is 11.5 Å². The van der Waals surface area contributed by atoms with E-state index in [4.69, 9.17) is 9.47 Å². The minimum Gasteiger partial charge on any atom is -0.494 e. The maximum atomic E-state index is 13.4. The third-order valence-electron chi connectivity index (χ3n) is 4.80. The molecule has 1 amide bonds. The number of anilines is 2. The van der Waals surface area contributed by atoms with Crippen molar-refractivity contribution in [1.29, 1.82) is 0 Å². The van der Waals surface area contributed by atoms with E-state index in [9.17, 15) is 4.79 Å². The van der Waals surface area contributed by atoms with Gasteiger partial charge in [-0.3, -0.25) is 4.79 Å². The van der Waals surface area contributed by atoms with E-state index >= 15 is 0 Å². The van der Waals surface area contributed by atoms with Crippen molar-refractivity contribution in [3.63, 3.8) is 0 Å². The van der Waals surface area contributed by atoms with Gasteiger partial charge in [-0.1, -0.05) is 12.1 Å². The van der Waals surface area contributed by atoms with Gasteiger partial charge >= 0.3 is 0 Å². The molecule has 5 nitrogen and oxygen atoms in total. The van der Waals surface area contributed by atoms with Crippen molar-refractivity contribution in [2.45, 2.75) is 33.7 Å². The number of rotatable bonds is 6. The molecule has 2 aromatic rings. The Bertz CT molecular complexity index is 782. The van der Waals surface area contributed by atoms with Gasteiger partial charge in [0.2, 0.25) is 0 Å². The number of benzene rings is 2. The first kappa shape index (κ1) is 19.1. The van der Waals surface area contributed by atoms with Gasteiger partial charge in [0.15, 0.2) is 0 Å². The number of carbonyl (C=O) groups excluding carboxylic acids is 1. The molecule has 0 aliphatic carbocycles. The summed E-state index contributed by atoms with van der Waals surface area (Å²) in [6, 6.07) is 13.8. The Morgan fingerprint density at radius 3 is 2.15 bits per heavy atom. The zero-order chi connectivity index (χ0) is 19.4. The zero-order valence-corrected chi connectivity index (χ0v) is 16.6. The third-order valence-corrected chi connectivity index (χ3v) is 4.80. The number of para-hydroxylation sites is 2. The van der Waals surface area contributed by atoms with E-state index < -0.39 is 0 Å². The topological polar surface area (TPSA) is 42.0 Å². The van der Waals surface area contributed by atoms with Gasteiger partial charge in [0, 0.05) is 30.8 Å². The second-order valence-corrected chi connectivity index (χ2v) is 6.60. The average Bonchev–Trinajstić information content (AvgIpc) is 2.67. The molecule has 0 aromatic heterocycles. The number of amides is 1. The molecule has 1 aliphatic rings. The summed E-state index contributed by atoms with van der Waals surface area (Å²) in [6.07, 6.45) is 0. The molecular weight excluding hydrogens is 340 g/mol. The number of hydrogen-bond acceptors (Lipinski definition) is 4. The minimum absolute atomic E-state index is 0.0347. The summed E-state index contributed by atoms with van der Waals surface area (Å²) in [5, 5.41) is 0. The van der Waals surface area contributed by atoms with Gasteiger partial charge in [0.1, 0.15) is 11.5 Å². The Kier molecular flexibility index (Phi) is 5.89. The molecular formula is C22H28N2O3. The summed E-state index contributed by atoms with van der Waals surface area (Å²) in [4.78, 5) is 17.6. The lowest BCUT2D eigenvalue weighted by molar-refractivity contribution is 0.0983. The molecule has 0 fully saturated rings. The van der Waals surface area contributed by atoms with Gasteiger partial charge in [-0.25, -0.2) is 0 Å². The normalized spacial score (nSPS) is 16.1. The highest BCUT2D eigenvalue weighted by atomic mass is 16.5. The lowest BCUT2D eigenvalue weighted by Crippen LogP contribution is -2.49. The predicted octanol–water partition coefficient (Wildman–Crippen LogP) is 4.36. The van der Waals surface area contributed by atoms with Crippen LogP contribution >= 0.6 is 0 Å². The lowest BCUT2D eigenvalue weighted by atomic mass is 10.1. The van der Waals surface area contributed by atoms with Crippen LogP contribution in [-0.4, -0.2) is 38.3 Å². The summed E-state index contributed by atoms with van der Waals surface area (Å²) in [7, 11) is 0. The summed E-state index contributed by atoms with van der Waals surface area (Å²) in [5.74, 6) is 1.27. The van der Waals surface area contributed by atoms with E-state index in [1.807, 2.05) is 43.0 Å². The van der Waals surface area contributed by atoms with Crippen molar-refractivity contribution >= 4 is 17.3 Å². The average molecular weight is 368 g/mol. The highest BCUT2D eigenvalue weighted by molar-refractivity contribution is 6.09. The first-order valence-corrected chi connectivity index (χ1v) is 9.67. The van der Waals surface area contributed by atoms with Gasteiger partial charge in [-0.05, 0) is 52.0 Å². The van der Waals surface area contributed by atoms with Crippen molar-refractivity contribution < 1.29 is 14.3 Å². The number of hydrogen-bond donors (Lipinski definition) is 0. The first-order chi connectivity index (χ1) is 13.1. The van der Waals surface area contributed by atoms with Crippen LogP contribution in [-0.2, 0) is 0 Å². The Hall–Kier alpha value is -2.69. The first-order valence-electron chi connectivity index (χ1n) is 9.67. The molecule has 0 N–H and O–H groups in total. The molecule has 0 spiro atoms. The molecule has 1 unspecified atom stereocenters. The largest absolute Gasteiger partial charge is 0.494 e. The van der Waals surface area contributed by atoms with Crippen LogP contribution in [0.3, 0.4) is 0 Å². The van der Waals surface area contributed by atoms with Gasteiger partial charge < -0.3 is 19.3 Å². The van der Waals surface area contributed by atoms with E-state index in [2.05, 4.69) is 24.8 Å². The fourth-order valence-electron chi connectivity index (χ4n) is 3.66. The molecule has 3 rings (SSSR count). The van der Waals surface area contributed by atoms with Crippen LogP contribution in [0.25, 0.3) is 0 Å². The van der Waals surface area contributed by atoms with E-state index in [0.29, 0.717) is 36.8 Å². The van der Waals surface area contributed by atoms with Crippen molar-refractivity contribution in [2.75, 3.05) is 36.1 Å². The second kappa shape index (κ2) is 8.33. The molecule has 0 saturated carbocycles. The van der Waals surface area contributed by atoms with Crippen LogP contribution in [0.4, 0.5) is 11.4 Å². The van der Waals surface area contributed by atoms with Gasteiger partial charge in [-0.2, -0.15) is 0 Å². The molecule has 144 valence electrons. The van der Waals surface area contributed by atoms with Crippen LogP contribution in [0.15, 0.2) is 42.5 Å². The molecule has 1 atom stereocenters. The van der Waals surface area contributed by atoms with Crippen molar-refractivity contribution in [3.8, 4) is 11.5 Å². The number of ether oxygens (including phenoxy) is 2. The lowest BCUT2D eigenvalue weighted by Gasteiger charge is -2.42. The van der Waals surface area contributed by atoms with Gasteiger partial charge in [0.25, 0.3) is 5.91 Å². The monoisotopic (exact) mass is 368 g/mol. The molecule has 27 heavy (non-hydrogen) atoms. The Morgan fingerprint density at radius 2 is 1.59 bits per heavy atom. The Balaban J connectivity index is 2.00. The SMILES string of the molecule is CCOc1cc(OCC)cc(C(=O)N2CC(C)N(CC)c3ccccc32)c1. The van der Waals surface area contributed by atoms with Crippen LogP contribution < -0.4 is 19.3 Å². The number of nitrogens with zero attached hydrogens (tertiary/aromatic N) is 2. The second-order valence-electron chi connectivity index (χ2n) is 6.60. The van der Waals surface area contributed by atoms with Crippen molar-refractivity contribution in [2.24, 2.45) is 0 Å². The Labute approximate surface area is 161 Å². The molecule has 0 bridgehead atoms.